The van der Waals surface area contributed by atoms with Crippen LogP contribution in [-0.4, -0.2) is 0 Å². The summed E-state index contributed by atoms with van der Waals surface area (Å²) in [6.07, 6.45) is 3.35. The van der Waals surface area contributed by atoms with Crippen molar-refractivity contribution in [1.29, 1.82) is 0 Å². The molecular weight excluding hydrogens is 290 g/mol. The number of rotatable bonds is 4. The number of benzene rings is 2. The molecule has 3 aromatic rings. The second-order valence-electron chi connectivity index (χ2n) is 7.03. The molecule has 3 rings (SSSR count). The van der Waals surface area contributed by atoms with Gasteiger partial charge >= 0.3 is 0 Å². The van der Waals surface area contributed by atoms with Crippen LogP contribution < -0.4 is 4.57 Å². The van der Waals surface area contributed by atoms with E-state index in [2.05, 4.69) is 99.2 Å². The SMILES string of the molecule is Cc1cc(CC(C)C)ccc1-c1ccc(-c2ccccc2)c[n+]1C. The third-order valence-electron chi connectivity index (χ3n) is 4.45. The Balaban J connectivity index is 1.95. The molecule has 0 atom stereocenters. The van der Waals surface area contributed by atoms with Crippen LogP contribution in [0.4, 0.5) is 0 Å². The molecule has 0 aliphatic rings. The molecule has 0 bridgehead atoms. The monoisotopic (exact) mass is 316 g/mol. The molecule has 1 heterocycles. The topological polar surface area (TPSA) is 3.88 Å². The van der Waals surface area contributed by atoms with E-state index in [4.69, 9.17) is 0 Å². The van der Waals surface area contributed by atoms with E-state index in [0.29, 0.717) is 5.92 Å². The lowest BCUT2D eigenvalue weighted by molar-refractivity contribution is -0.659. The third-order valence-corrected chi connectivity index (χ3v) is 4.45. The predicted molar refractivity (Wildman–Crippen MR) is 102 cm³/mol. The molecule has 1 heteroatoms. The molecular formula is C23H26N+. The third kappa shape index (κ3) is 3.56. The first-order chi connectivity index (χ1) is 11.5. The van der Waals surface area contributed by atoms with Gasteiger partial charge in [-0.05, 0) is 48.1 Å². The molecule has 24 heavy (non-hydrogen) atoms. The van der Waals surface area contributed by atoms with Crippen molar-refractivity contribution in [3.05, 3.63) is 78.0 Å². The summed E-state index contributed by atoms with van der Waals surface area (Å²) in [6.45, 7) is 6.75. The molecule has 1 aromatic heterocycles. The minimum Gasteiger partial charge on any atom is -0.200 e. The Labute approximate surface area is 145 Å². The van der Waals surface area contributed by atoms with Crippen molar-refractivity contribution < 1.29 is 4.57 Å². The first kappa shape index (κ1) is 16.4. The lowest BCUT2D eigenvalue weighted by Crippen LogP contribution is -2.30. The van der Waals surface area contributed by atoms with E-state index in [-0.39, 0.29) is 0 Å². The maximum atomic E-state index is 2.33. The van der Waals surface area contributed by atoms with Crippen LogP contribution >= 0.6 is 0 Å². The van der Waals surface area contributed by atoms with Gasteiger partial charge in [0.2, 0.25) is 5.69 Å². The van der Waals surface area contributed by atoms with E-state index in [1.165, 1.54) is 33.5 Å². The Hall–Kier alpha value is -2.41. The van der Waals surface area contributed by atoms with Gasteiger partial charge in [-0.2, -0.15) is 0 Å². The minimum absolute atomic E-state index is 0.691. The number of aromatic nitrogens is 1. The number of pyridine rings is 1. The largest absolute Gasteiger partial charge is 0.212 e. The van der Waals surface area contributed by atoms with Crippen LogP contribution in [0.2, 0.25) is 0 Å². The van der Waals surface area contributed by atoms with Crippen molar-refractivity contribution in [2.75, 3.05) is 0 Å². The molecule has 2 aromatic carbocycles. The zero-order valence-corrected chi connectivity index (χ0v) is 15.1. The molecule has 0 amide bonds. The Morgan fingerprint density at radius 1 is 0.875 bits per heavy atom. The van der Waals surface area contributed by atoms with Crippen molar-refractivity contribution in [1.82, 2.24) is 0 Å². The fourth-order valence-corrected chi connectivity index (χ4v) is 3.30. The zero-order chi connectivity index (χ0) is 17.1. The van der Waals surface area contributed by atoms with Crippen LogP contribution in [0, 0.1) is 12.8 Å². The van der Waals surface area contributed by atoms with E-state index in [1.807, 2.05) is 0 Å². The smallest absolute Gasteiger partial charge is 0.200 e. The van der Waals surface area contributed by atoms with Crippen molar-refractivity contribution in [3.63, 3.8) is 0 Å². The van der Waals surface area contributed by atoms with Crippen LogP contribution in [0.3, 0.4) is 0 Å². The van der Waals surface area contributed by atoms with Crippen molar-refractivity contribution in [2.24, 2.45) is 13.0 Å². The summed E-state index contributed by atoms with van der Waals surface area (Å²) in [6, 6.07) is 21.8. The zero-order valence-electron chi connectivity index (χ0n) is 15.1. The summed E-state index contributed by atoms with van der Waals surface area (Å²) in [5, 5.41) is 0. The highest BCUT2D eigenvalue weighted by atomic mass is 14.9. The summed E-state index contributed by atoms with van der Waals surface area (Å²) >= 11 is 0. The fourth-order valence-electron chi connectivity index (χ4n) is 3.30. The van der Waals surface area contributed by atoms with E-state index in [0.717, 1.165) is 6.42 Å². The van der Waals surface area contributed by atoms with Gasteiger partial charge in [0.05, 0.1) is 0 Å². The van der Waals surface area contributed by atoms with Crippen molar-refractivity contribution >= 4 is 0 Å². The number of aryl methyl sites for hydroxylation is 2. The Morgan fingerprint density at radius 2 is 1.62 bits per heavy atom. The molecule has 0 aliphatic heterocycles. The van der Waals surface area contributed by atoms with E-state index in [1.54, 1.807) is 0 Å². The molecule has 0 saturated carbocycles. The standard InChI is InChI=1S/C23H26N/c1-17(2)14-19-10-12-22(18(3)15-19)23-13-11-21(16-24(23)4)20-8-6-5-7-9-20/h5-13,15-17H,14H2,1-4H3/q+1. The highest BCUT2D eigenvalue weighted by Crippen LogP contribution is 2.25. The van der Waals surface area contributed by atoms with E-state index >= 15 is 0 Å². The van der Waals surface area contributed by atoms with Gasteiger partial charge in [0.25, 0.3) is 0 Å². The molecule has 0 spiro atoms. The van der Waals surface area contributed by atoms with Gasteiger partial charge in [0.1, 0.15) is 7.05 Å². The quantitative estimate of drug-likeness (QED) is 0.571. The van der Waals surface area contributed by atoms with Crippen LogP contribution in [0.5, 0.6) is 0 Å². The summed E-state index contributed by atoms with van der Waals surface area (Å²) in [5.41, 5.74) is 7.83. The Kier molecular flexibility index (Phi) is 4.80. The average Bonchev–Trinajstić information content (AvgIpc) is 2.56. The summed E-state index contributed by atoms with van der Waals surface area (Å²) < 4.78 is 2.23. The van der Waals surface area contributed by atoms with E-state index in [9.17, 15) is 0 Å². The van der Waals surface area contributed by atoms with Gasteiger partial charge in [-0.3, -0.25) is 0 Å². The van der Waals surface area contributed by atoms with Crippen LogP contribution in [0.1, 0.15) is 25.0 Å². The first-order valence-corrected chi connectivity index (χ1v) is 8.69. The first-order valence-electron chi connectivity index (χ1n) is 8.69. The number of hydrogen-bond acceptors (Lipinski definition) is 0. The maximum Gasteiger partial charge on any atom is 0.212 e. The van der Waals surface area contributed by atoms with Gasteiger partial charge < -0.3 is 0 Å². The second kappa shape index (κ2) is 7.00. The maximum absolute atomic E-state index is 2.33. The van der Waals surface area contributed by atoms with Crippen LogP contribution in [0.15, 0.2) is 66.9 Å². The average molecular weight is 316 g/mol. The van der Waals surface area contributed by atoms with Crippen molar-refractivity contribution in [2.45, 2.75) is 27.2 Å². The molecule has 0 N–H and O–H groups in total. The van der Waals surface area contributed by atoms with E-state index < -0.39 is 0 Å². The normalized spacial score (nSPS) is 11.0. The van der Waals surface area contributed by atoms with Gasteiger partial charge in [0.15, 0.2) is 6.20 Å². The number of hydrogen-bond donors (Lipinski definition) is 0. The minimum atomic E-state index is 0.691. The lowest BCUT2D eigenvalue weighted by atomic mass is 9.96. The van der Waals surface area contributed by atoms with Gasteiger partial charge in [-0.25, -0.2) is 4.57 Å². The number of nitrogens with zero attached hydrogens (tertiary/aromatic N) is 1. The summed E-state index contributed by atoms with van der Waals surface area (Å²) in [5.74, 6) is 0.691. The van der Waals surface area contributed by atoms with Gasteiger partial charge in [-0.1, -0.05) is 56.3 Å². The summed E-state index contributed by atoms with van der Waals surface area (Å²) in [4.78, 5) is 0. The van der Waals surface area contributed by atoms with Crippen LogP contribution in [-0.2, 0) is 13.5 Å². The predicted octanol–water partition coefficient (Wildman–Crippen LogP) is 5.35. The molecule has 0 fully saturated rings. The Morgan fingerprint density at radius 3 is 2.25 bits per heavy atom. The highest BCUT2D eigenvalue weighted by Gasteiger charge is 2.14. The molecule has 0 saturated heterocycles. The lowest BCUT2D eigenvalue weighted by Gasteiger charge is -2.10. The molecule has 1 nitrogen and oxygen atoms in total. The second-order valence-corrected chi connectivity index (χ2v) is 7.03. The summed E-state index contributed by atoms with van der Waals surface area (Å²) in [7, 11) is 2.13. The molecule has 0 aliphatic carbocycles. The van der Waals surface area contributed by atoms with Crippen molar-refractivity contribution in [3.8, 4) is 22.4 Å². The van der Waals surface area contributed by atoms with Gasteiger partial charge in [0, 0.05) is 17.2 Å². The van der Waals surface area contributed by atoms with Crippen LogP contribution in [0.25, 0.3) is 22.4 Å². The Bertz CT molecular complexity index is 832. The molecule has 0 unspecified atom stereocenters. The van der Waals surface area contributed by atoms with Gasteiger partial charge in [-0.15, -0.1) is 0 Å². The highest BCUT2D eigenvalue weighted by molar-refractivity contribution is 5.66. The fraction of sp³-hybridized carbons (Fsp3) is 0.261. The molecule has 0 radical (unpaired) electrons. The molecule has 122 valence electrons.